The molecule has 0 aromatic carbocycles. The van der Waals surface area contributed by atoms with Crippen LogP contribution in [0.1, 0.15) is 25.5 Å². The van der Waals surface area contributed by atoms with Crippen molar-refractivity contribution >= 4 is 11.8 Å². The van der Waals surface area contributed by atoms with Crippen molar-refractivity contribution in [2.24, 2.45) is 0 Å². The first-order valence-electron chi connectivity index (χ1n) is 7.87. The lowest BCUT2D eigenvalue weighted by Crippen LogP contribution is -2.57. The highest BCUT2D eigenvalue weighted by Crippen LogP contribution is 2.41. The van der Waals surface area contributed by atoms with Crippen LogP contribution in [0.2, 0.25) is 0 Å². The topological polar surface area (TPSA) is 97.1 Å². The Balaban J connectivity index is 1.44. The van der Waals surface area contributed by atoms with Gasteiger partial charge < -0.3 is 9.80 Å². The molecule has 0 atom stereocenters. The number of hydrogen-bond acceptors (Lipinski definition) is 6. The molecule has 2 aromatic heterocycles. The minimum absolute atomic E-state index is 0.113. The van der Waals surface area contributed by atoms with Crippen LogP contribution in [0, 0.1) is 0 Å². The average molecular weight is 327 g/mol. The fraction of sp³-hybridized carbons (Fsp3) is 0.467. The van der Waals surface area contributed by atoms with Crippen LogP contribution in [0.25, 0.3) is 5.82 Å². The molecule has 24 heavy (non-hydrogen) atoms. The van der Waals surface area contributed by atoms with Gasteiger partial charge in [0.2, 0.25) is 0 Å². The van der Waals surface area contributed by atoms with Gasteiger partial charge >= 0.3 is 11.8 Å². The Labute approximate surface area is 138 Å². The van der Waals surface area contributed by atoms with Gasteiger partial charge in [0.05, 0.1) is 24.6 Å². The molecule has 1 aliphatic heterocycles. The van der Waals surface area contributed by atoms with Crippen LogP contribution in [0.3, 0.4) is 0 Å². The van der Waals surface area contributed by atoms with Gasteiger partial charge in [0, 0.05) is 18.6 Å². The number of rotatable bonds is 4. The maximum Gasteiger partial charge on any atom is 0.312 e. The van der Waals surface area contributed by atoms with Crippen molar-refractivity contribution in [2.45, 2.75) is 31.8 Å². The number of amides is 2. The fourth-order valence-corrected chi connectivity index (χ4v) is 2.88. The highest BCUT2D eigenvalue weighted by molar-refractivity contribution is 6.35. The predicted molar refractivity (Wildman–Crippen MR) is 81.7 cm³/mol. The quantitative estimate of drug-likeness (QED) is 0.720. The number of nitrogens with zero attached hydrogens (tertiary/aromatic N) is 7. The van der Waals surface area contributed by atoms with E-state index in [9.17, 15) is 9.59 Å². The summed E-state index contributed by atoms with van der Waals surface area (Å²) in [4.78, 5) is 27.9. The summed E-state index contributed by atoms with van der Waals surface area (Å²) in [5.41, 5.74) is 0.518. The molecule has 0 bridgehead atoms. The third-order valence-electron chi connectivity index (χ3n) is 4.65. The van der Waals surface area contributed by atoms with Gasteiger partial charge in [-0.15, -0.1) is 10.2 Å². The van der Waals surface area contributed by atoms with Crippen molar-refractivity contribution in [3.63, 3.8) is 0 Å². The monoisotopic (exact) mass is 327 g/mol. The molecule has 1 saturated carbocycles. The third-order valence-corrected chi connectivity index (χ3v) is 4.65. The molecule has 2 amide bonds. The summed E-state index contributed by atoms with van der Waals surface area (Å²) in [6.07, 6.45) is 5.17. The van der Waals surface area contributed by atoms with E-state index in [1.54, 1.807) is 29.4 Å². The Morgan fingerprint density at radius 3 is 2.58 bits per heavy atom. The number of hydrogen-bond donors (Lipinski definition) is 0. The predicted octanol–water partition coefficient (Wildman–Crippen LogP) is -0.219. The van der Waals surface area contributed by atoms with Crippen molar-refractivity contribution in [2.75, 3.05) is 13.1 Å². The zero-order valence-electron chi connectivity index (χ0n) is 13.3. The van der Waals surface area contributed by atoms with Gasteiger partial charge in [-0.2, -0.15) is 5.10 Å². The second kappa shape index (κ2) is 5.36. The van der Waals surface area contributed by atoms with Gasteiger partial charge in [-0.25, -0.2) is 4.68 Å². The van der Waals surface area contributed by atoms with Gasteiger partial charge in [0.15, 0.2) is 5.82 Å². The first-order valence-corrected chi connectivity index (χ1v) is 7.87. The lowest BCUT2D eigenvalue weighted by Gasteiger charge is -2.37. The minimum atomic E-state index is -0.462. The van der Waals surface area contributed by atoms with E-state index in [1.807, 2.05) is 6.92 Å². The molecule has 9 heteroatoms. The zero-order chi connectivity index (χ0) is 16.7. The molecule has 2 aromatic rings. The van der Waals surface area contributed by atoms with Crippen molar-refractivity contribution in [1.82, 2.24) is 35.0 Å². The van der Waals surface area contributed by atoms with E-state index in [2.05, 4.69) is 20.5 Å². The number of carbonyl (C=O) groups excluding carboxylic acids is 2. The summed E-state index contributed by atoms with van der Waals surface area (Å²) >= 11 is 0. The second-order valence-corrected chi connectivity index (χ2v) is 6.41. The van der Waals surface area contributed by atoms with Crippen LogP contribution in [0.5, 0.6) is 0 Å². The summed E-state index contributed by atoms with van der Waals surface area (Å²) < 4.78 is 1.50. The standard InChI is InChI=1S/C15H17N7O2/c1-15(4-5-15)21-9-8-20(13(23)14(21)24)10-11-2-3-12(18-17-11)22-7-6-16-19-22/h2-3,6-7H,4-5,8-10H2,1H3. The van der Waals surface area contributed by atoms with Crippen molar-refractivity contribution in [3.05, 3.63) is 30.2 Å². The molecular formula is C15H17N7O2. The molecule has 2 fully saturated rings. The maximum absolute atomic E-state index is 12.3. The van der Waals surface area contributed by atoms with E-state index in [0.29, 0.717) is 24.6 Å². The lowest BCUT2D eigenvalue weighted by molar-refractivity contribution is -0.158. The molecule has 0 spiro atoms. The normalized spacial score (nSPS) is 19.7. The Hall–Kier alpha value is -2.84. The Kier molecular flexibility index (Phi) is 3.29. The summed E-state index contributed by atoms with van der Waals surface area (Å²) in [5.74, 6) is -0.324. The van der Waals surface area contributed by atoms with Crippen LogP contribution in [0.15, 0.2) is 24.5 Å². The smallest absolute Gasteiger partial charge is 0.312 e. The molecule has 4 rings (SSSR count). The molecule has 9 nitrogen and oxygen atoms in total. The van der Waals surface area contributed by atoms with Gasteiger partial charge in [0.25, 0.3) is 0 Å². The first-order chi connectivity index (χ1) is 11.6. The summed E-state index contributed by atoms with van der Waals surface area (Å²) in [6, 6.07) is 3.53. The number of aromatic nitrogens is 5. The fourth-order valence-electron chi connectivity index (χ4n) is 2.88. The molecular weight excluding hydrogens is 310 g/mol. The molecule has 3 heterocycles. The van der Waals surface area contributed by atoms with E-state index in [4.69, 9.17) is 0 Å². The van der Waals surface area contributed by atoms with Crippen LogP contribution in [-0.2, 0) is 16.1 Å². The second-order valence-electron chi connectivity index (χ2n) is 6.41. The summed E-state index contributed by atoms with van der Waals surface area (Å²) in [6.45, 7) is 3.40. The van der Waals surface area contributed by atoms with Crippen LogP contribution in [0.4, 0.5) is 0 Å². The molecule has 124 valence electrons. The minimum Gasteiger partial charge on any atom is -0.327 e. The summed E-state index contributed by atoms with van der Waals surface area (Å²) in [7, 11) is 0. The first kappa shape index (κ1) is 14.7. The lowest BCUT2D eigenvalue weighted by atomic mass is 10.2. The van der Waals surface area contributed by atoms with Crippen LogP contribution in [-0.4, -0.2) is 65.4 Å². The van der Waals surface area contributed by atoms with Crippen molar-refractivity contribution in [1.29, 1.82) is 0 Å². The van der Waals surface area contributed by atoms with Gasteiger partial charge in [-0.05, 0) is 31.9 Å². The molecule has 1 saturated heterocycles. The van der Waals surface area contributed by atoms with Gasteiger partial charge in [-0.1, -0.05) is 5.21 Å². The Bertz CT molecular complexity index is 768. The van der Waals surface area contributed by atoms with Gasteiger partial charge in [-0.3, -0.25) is 9.59 Å². The SMILES string of the molecule is CC1(N2CCN(Cc3ccc(-n4ccnn4)nn3)C(=O)C2=O)CC1. The molecule has 1 aliphatic carbocycles. The van der Waals surface area contributed by atoms with Crippen molar-refractivity contribution in [3.8, 4) is 5.82 Å². The van der Waals surface area contributed by atoms with Crippen LogP contribution >= 0.6 is 0 Å². The van der Waals surface area contributed by atoms with E-state index in [0.717, 1.165) is 12.8 Å². The highest BCUT2D eigenvalue weighted by atomic mass is 16.2. The molecule has 0 unspecified atom stereocenters. The Morgan fingerprint density at radius 1 is 1.12 bits per heavy atom. The Morgan fingerprint density at radius 2 is 1.96 bits per heavy atom. The zero-order valence-corrected chi connectivity index (χ0v) is 13.3. The molecule has 2 aliphatic rings. The van der Waals surface area contributed by atoms with Gasteiger partial charge in [0.1, 0.15) is 0 Å². The van der Waals surface area contributed by atoms with Crippen LogP contribution < -0.4 is 0 Å². The largest absolute Gasteiger partial charge is 0.327 e. The number of piperazine rings is 1. The van der Waals surface area contributed by atoms with E-state index in [-0.39, 0.29) is 12.1 Å². The van der Waals surface area contributed by atoms with E-state index >= 15 is 0 Å². The average Bonchev–Trinajstić information content (AvgIpc) is 3.11. The molecule has 0 radical (unpaired) electrons. The van der Waals surface area contributed by atoms with E-state index < -0.39 is 11.8 Å². The highest BCUT2D eigenvalue weighted by Gasteiger charge is 2.49. The summed E-state index contributed by atoms with van der Waals surface area (Å²) in [5, 5.41) is 15.7. The third kappa shape index (κ3) is 2.51. The van der Waals surface area contributed by atoms with Crippen molar-refractivity contribution < 1.29 is 9.59 Å². The number of carbonyl (C=O) groups is 2. The maximum atomic E-state index is 12.3. The molecule has 0 N–H and O–H groups in total. The van der Waals surface area contributed by atoms with E-state index in [1.165, 1.54) is 9.58 Å².